The number of carbonyl (C=O) groups is 2. The Morgan fingerprint density at radius 1 is 0.875 bits per heavy atom. The Bertz CT molecular complexity index is 615. The van der Waals surface area contributed by atoms with Crippen LogP contribution in [0.4, 0.5) is 0 Å². The smallest absolute Gasteiger partial charge is 0.310 e. The van der Waals surface area contributed by atoms with Crippen LogP contribution in [-0.2, 0) is 9.59 Å². The van der Waals surface area contributed by atoms with Crippen molar-refractivity contribution in [3.8, 4) is 0 Å². The van der Waals surface area contributed by atoms with Gasteiger partial charge in [0.15, 0.2) is 0 Å². The Balaban J connectivity index is 2.17. The van der Waals surface area contributed by atoms with Crippen LogP contribution in [0.2, 0.25) is 0 Å². The van der Waals surface area contributed by atoms with Crippen LogP contribution in [-0.4, -0.2) is 29.6 Å². The molecule has 0 spiro atoms. The second kappa shape index (κ2) is 8.84. The molecule has 3 N–H and O–H groups in total. The fourth-order valence-electron chi connectivity index (χ4n) is 2.37. The third kappa shape index (κ3) is 4.67. The van der Waals surface area contributed by atoms with Crippen molar-refractivity contribution in [3.05, 3.63) is 71.8 Å². The van der Waals surface area contributed by atoms with Gasteiger partial charge in [0.2, 0.25) is 0 Å². The molecule has 0 bridgehead atoms. The van der Waals surface area contributed by atoms with E-state index >= 15 is 0 Å². The van der Waals surface area contributed by atoms with Crippen LogP contribution in [0.5, 0.6) is 0 Å². The van der Waals surface area contributed by atoms with Crippen molar-refractivity contribution in [2.75, 3.05) is 6.61 Å². The first kappa shape index (κ1) is 17.7. The SMILES string of the molecule is CCC(CO)NC(=O)C(=O)NC(c1ccccc1)c1ccccc1. The Kier molecular flexibility index (Phi) is 6.51. The maximum Gasteiger partial charge on any atom is 0.310 e. The van der Waals surface area contributed by atoms with Gasteiger partial charge < -0.3 is 15.7 Å². The van der Waals surface area contributed by atoms with Gasteiger partial charge in [-0.25, -0.2) is 0 Å². The lowest BCUT2D eigenvalue weighted by atomic mass is 9.98. The molecule has 2 aromatic carbocycles. The summed E-state index contributed by atoms with van der Waals surface area (Å²) >= 11 is 0. The van der Waals surface area contributed by atoms with Gasteiger partial charge in [-0.3, -0.25) is 9.59 Å². The zero-order valence-corrected chi connectivity index (χ0v) is 13.6. The van der Waals surface area contributed by atoms with Gasteiger partial charge in [-0.05, 0) is 17.5 Å². The number of hydrogen-bond acceptors (Lipinski definition) is 3. The topological polar surface area (TPSA) is 78.4 Å². The Labute approximate surface area is 141 Å². The van der Waals surface area contributed by atoms with Crippen molar-refractivity contribution in [1.82, 2.24) is 10.6 Å². The third-order valence-electron chi connectivity index (χ3n) is 3.80. The highest BCUT2D eigenvalue weighted by Crippen LogP contribution is 2.21. The lowest BCUT2D eigenvalue weighted by Crippen LogP contribution is -2.46. The summed E-state index contributed by atoms with van der Waals surface area (Å²) in [6.07, 6.45) is 0.552. The molecular weight excluding hydrogens is 304 g/mol. The first-order valence-electron chi connectivity index (χ1n) is 7.97. The van der Waals surface area contributed by atoms with Crippen LogP contribution in [0.1, 0.15) is 30.5 Å². The van der Waals surface area contributed by atoms with Gasteiger partial charge in [0, 0.05) is 0 Å². The zero-order valence-electron chi connectivity index (χ0n) is 13.6. The maximum atomic E-state index is 12.3. The quantitative estimate of drug-likeness (QED) is 0.708. The highest BCUT2D eigenvalue weighted by atomic mass is 16.3. The van der Waals surface area contributed by atoms with E-state index in [1.165, 1.54) is 0 Å². The minimum absolute atomic E-state index is 0.198. The first-order valence-corrected chi connectivity index (χ1v) is 7.97. The van der Waals surface area contributed by atoms with E-state index in [9.17, 15) is 9.59 Å². The second-order valence-corrected chi connectivity index (χ2v) is 5.49. The van der Waals surface area contributed by atoms with Gasteiger partial charge in [-0.1, -0.05) is 67.6 Å². The van der Waals surface area contributed by atoms with Crippen LogP contribution >= 0.6 is 0 Å². The van der Waals surface area contributed by atoms with Crippen LogP contribution in [0, 0.1) is 0 Å². The second-order valence-electron chi connectivity index (χ2n) is 5.49. The maximum absolute atomic E-state index is 12.3. The van der Waals surface area contributed by atoms with Crippen LogP contribution < -0.4 is 10.6 Å². The molecule has 24 heavy (non-hydrogen) atoms. The molecule has 1 unspecified atom stereocenters. The zero-order chi connectivity index (χ0) is 17.4. The molecule has 2 rings (SSSR count). The molecular formula is C19H22N2O3. The molecule has 1 atom stereocenters. The summed E-state index contributed by atoms with van der Waals surface area (Å²) in [5.74, 6) is -1.47. The summed E-state index contributed by atoms with van der Waals surface area (Å²) in [5.41, 5.74) is 1.78. The van der Waals surface area contributed by atoms with Crippen LogP contribution in [0.25, 0.3) is 0 Å². The van der Waals surface area contributed by atoms with Gasteiger partial charge >= 0.3 is 11.8 Å². The Morgan fingerprint density at radius 3 is 1.75 bits per heavy atom. The molecule has 0 aromatic heterocycles. The van der Waals surface area contributed by atoms with E-state index in [1.807, 2.05) is 67.6 Å². The van der Waals surface area contributed by atoms with E-state index in [2.05, 4.69) is 10.6 Å². The summed E-state index contributed by atoms with van der Waals surface area (Å²) in [7, 11) is 0. The Morgan fingerprint density at radius 2 is 1.33 bits per heavy atom. The molecule has 2 aromatic rings. The molecule has 0 aliphatic rings. The predicted molar refractivity (Wildman–Crippen MR) is 92.2 cm³/mol. The molecule has 0 aliphatic heterocycles. The van der Waals surface area contributed by atoms with Gasteiger partial charge in [0.1, 0.15) is 0 Å². The molecule has 0 heterocycles. The van der Waals surface area contributed by atoms with Crippen molar-refractivity contribution in [3.63, 3.8) is 0 Å². The van der Waals surface area contributed by atoms with E-state index in [0.717, 1.165) is 11.1 Å². The highest BCUT2D eigenvalue weighted by molar-refractivity contribution is 6.35. The van der Waals surface area contributed by atoms with Crippen molar-refractivity contribution >= 4 is 11.8 Å². The average Bonchev–Trinajstić information content (AvgIpc) is 2.65. The lowest BCUT2D eigenvalue weighted by molar-refractivity contribution is -0.140. The number of carbonyl (C=O) groups excluding carboxylic acids is 2. The minimum atomic E-state index is -0.743. The van der Waals surface area contributed by atoms with E-state index in [0.29, 0.717) is 6.42 Å². The summed E-state index contributed by atoms with van der Waals surface area (Å²) < 4.78 is 0. The summed E-state index contributed by atoms with van der Waals surface area (Å²) in [6.45, 7) is 1.63. The summed E-state index contributed by atoms with van der Waals surface area (Å²) in [6, 6.07) is 18.1. The fourth-order valence-corrected chi connectivity index (χ4v) is 2.37. The molecule has 0 saturated carbocycles. The van der Waals surface area contributed by atoms with Gasteiger partial charge in [-0.2, -0.15) is 0 Å². The minimum Gasteiger partial charge on any atom is -0.394 e. The van der Waals surface area contributed by atoms with Crippen molar-refractivity contribution in [2.24, 2.45) is 0 Å². The number of nitrogens with one attached hydrogen (secondary N) is 2. The monoisotopic (exact) mass is 326 g/mol. The summed E-state index contributed by atoms with van der Waals surface area (Å²) in [5, 5.41) is 14.4. The van der Waals surface area contributed by atoms with Crippen molar-refractivity contribution in [1.29, 1.82) is 0 Å². The van der Waals surface area contributed by atoms with Gasteiger partial charge in [0.05, 0.1) is 18.7 Å². The molecule has 2 amide bonds. The number of rotatable bonds is 6. The third-order valence-corrected chi connectivity index (χ3v) is 3.80. The number of aliphatic hydroxyl groups excluding tert-OH is 1. The van der Waals surface area contributed by atoms with Gasteiger partial charge in [0.25, 0.3) is 0 Å². The molecule has 0 aliphatic carbocycles. The first-order chi connectivity index (χ1) is 11.7. The van der Waals surface area contributed by atoms with E-state index in [-0.39, 0.29) is 6.61 Å². The number of hydrogen-bond donors (Lipinski definition) is 3. The highest BCUT2D eigenvalue weighted by Gasteiger charge is 2.22. The number of aliphatic hydroxyl groups is 1. The van der Waals surface area contributed by atoms with Gasteiger partial charge in [-0.15, -0.1) is 0 Å². The molecule has 0 fully saturated rings. The molecule has 5 nitrogen and oxygen atoms in total. The molecule has 0 radical (unpaired) electrons. The Hall–Kier alpha value is -2.66. The largest absolute Gasteiger partial charge is 0.394 e. The molecule has 0 saturated heterocycles. The number of amides is 2. The van der Waals surface area contributed by atoms with Crippen molar-refractivity contribution in [2.45, 2.75) is 25.4 Å². The standard InChI is InChI=1S/C19H22N2O3/c1-2-16(13-22)20-18(23)19(24)21-17(14-9-5-3-6-10-14)15-11-7-4-8-12-15/h3-12,16-17,22H,2,13H2,1H3,(H,20,23)(H,21,24). The van der Waals surface area contributed by atoms with E-state index in [4.69, 9.17) is 5.11 Å². The normalized spacial score (nSPS) is 11.8. The lowest BCUT2D eigenvalue weighted by Gasteiger charge is -2.20. The van der Waals surface area contributed by atoms with Crippen LogP contribution in [0.3, 0.4) is 0 Å². The molecule has 126 valence electrons. The predicted octanol–water partition coefficient (Wildman–Crippen LogP) is 1.78. The summed E-state index contributed by atoms with van der Waals surface area (Å²) in [4.78, 5) is 24.3. The fraction of sp³-hybridized carbons (Fsp3) is 0.263. The molecule has 5 heteroatoms. The van der Waals surface area contributed by atoms with Crippen LogP contribution in [0.15, 0.2) is 60.7 Å². The average molecular weight is 326 g/mol. The van der Waals surface area contributed by atoms with Crippen molar-refractivity contribution < 1.29 is 14.7 Å². The number of benzene rings is 2. The van der Waals surface area contributed by atoms with E-state index < -0.39 is 23.9 Å². The van der Waals surface area contributed by atoms with E-state index in [1.54, 1.807) is 0 Å².